The van der Waals surface area contributed by atoms with E-state index in [2.05, 4.69) is 12.1 Å². The Morgan fingerprint density at radius 1 is 1.00 bits per heavy atom. The number of hydrogen-bond acceptors (Lipinski definition) is 2. The van der Waals surface area contributed by atoms with Gasteiger partial charge in [-0.1, -0.05) is 48.5 Å². The highest BCUT2D eigenvalue weighted by Crippen LogP contribution is 2.14. The summed E-state index contributed by atoms with van der Waals surface area (Å²) in [5.74, 6) is -0.0189. The summed E-state index contributed by atoms with van der Waals surface area (Å²) in [5, 5.41) is 0. The molecule has 0 saturated heterocycles. The molecule has 0 aliphatic rings. The van der Waals surface area contributed by atoms with Gasteiger partial charge in [-0.2, -0.15) is 0 Å². The lowest BCUT2D eigenvalue weighted by Crippen LogP contribution is -2.35. The Morgan fingerprint density at radius 2 is 1.60 bits per heavy atom. The van der Waals surface area contributed by atoms with Crippen LogP contribution >= 0.6 is 0 Å². The molecular weight excluding hydrogens is 250 g/mol. The number of amides is 1. The fourth-order valence-electron chi connectivity index (χ4n) is 2.09. The van der Waals surface area contributed by atoms with E-state index < -0.39 is 0 Å². The normalized spacial score (nSPS) is 10.2. The highest BCUT2D eigenvalue weighted by Gasteiger charge is 2.14. The lowest BCUT2D eigenvalue weighted by molar-refractivity contribution is -0.122. The van der Waals surface area contributed by atoms with Crippen LogP contribution < -0.4 is 4.90 Å². The predicted molar refractivity (Wildman–Crippen MR) is 80.8 cm³/mol. The monoisotopic (exact) mass is 269 g/mol. The molecule has 0 atom stereocenters. The maximum absolute atomic E-state index is 12.2. The minimum atomic E-state index is -0.0189. The van der Waals surface area contributed by atoms with E-state index in [4.69, 9.17) is 4.74 Å². The number of anilines is 1. The van der Waals surface area contributed by atoms with Crippen molar-refractivity contribution in [2.75, 3.05) is 25.2 Å². The van der Waals surface area contributed by atoms with Crippen LogP contribution in [0.2, 0.25) is 0 Å². The zero-order valence-corrected chi connectivity index (χ0v) is 11.7. The first-order chi connectivity index (χ1) is 9.81. The van der Waals surface area contributed by atoms with E-state index in [0.717, 1.165) is 12.1 Å². The van der Waals surface area contributed by atoms with Crippen molar-refractivity contribution in [2.45, 2.75) is 6.42 Å². The van der Waals surface area contributed by atoms with E-state index in [1.54, 1.807) is 4.90 Å². The summed E-state index contributed by atoms with van der Waals surface area (Å²) in [6, 6.07) is 19.9. The Kier molecular flexibility index (Phi) is 5.33. The average Bonchev–Trinajstić information content (AvgIpc) is 2.50. The van der Waals surface area contributed by atoms with E-state index in [-0.39, 0.29) is 12.5 Å². The Balaban J connectivity index is 2.09. The summed E-state index contributed by atoms with van der Waals surface area (Å²) in [7, 11) is 1.54. The number of para-hydroxylation sites is 1. The summed E-state index contributed by atoms with van der Waals surface area (Å²) < 4.78 is 4.97. The average molecular weight is 269 g/mol. The zero-order chi connectivity index (χ0) is 14.2. The van der Waals surface area contributed by atoms with Gasteiger partial charge < -0.3 is 9.64 Å². The molecule has 2 aromatic carbocycles. The molecule has 1 amide bonds. The number of hydrogen-bond donors (Lipinski definition) is 0. The molecule has 3 heteroatoms. The van der Waals surface area contributed by atoms with Gasteiger partial charge >= 0.3 is 0 Å². The number of nitrogens with zero attached hydrogens (tertiary/aromatic N) is 1. The minimum Gasteiger partial charge on any atom is -0.375 e. The second-order valence-corrected chi connectivity index (χ2v) is 4.55. The van der Waals surface area contributed by atoms with Gasteiger partial charge in [-0.15, -0.1) is 0 Å². The van der Waals surface area contributed by atoms with E-state index >= 15 is 0 Å². The van der Waals surface area contributed by atoms with Crippen LogP contribution in [-0.4, -0.2) is 26.2 Å². The zero-order valence-electron chi connectivity index (χ0n) is 11.7. The Bertz CT molecular complexity index is 525. The second kappa shape index (κ2) is 7.46. The summed E-state index contributed by atoms with van der Waals surface area (Å²) in [6.45, 7) is 0.750. The number of rotatable bonds is 6. The van der Waals surface area contributed by atoms with Crippen LogP contribution in [0.15, 0.2) is 60.7 Å². The van der Waals surface area contributed by atoms with Crippen LogP contribution in [0.1, 0.15) is 5.56 Å². The molecule has 0 heterocycles. The van der Waals surface area contributed by atoms with Gasteiger partial charge in [-0.25, -0.2) is 0 Å². The predicted octanol–water partition coefficient (Wildman–Crippen LogP) is 2.91. The van der Waals surface area contributed by atoms with Gasteiger partial charge in [0, 0.05) is 19.3 Å². The van der Waals surface area contributed by atoms with Crippen LogP contribution in [0.5, 0.6) is 0 Å². The van der Waals surface area contributed by atoms with Crippen molar-refractivity contribution < 1.29 is 9.53 Å². The molecule has 3 nitrogen and oxygen atoms in total. The van der Waals surface area contributed by atoms with Gasteiger partial charge in [-0.05, 0) is 24.1 Å². The molecule has 0 bridgehead atoms. The smallest absolute Gasteiger partial charge is 0.252 e. The molecular formula is C17H19NO2. The highest BCUT2D eigenvalue weighted by atomic mass is 16.5. The maximum atomic E-state index is 12.2. The first-order valence-electron chi connectivity index (χ1n) is 6.69. The van der Waals surface area contributed by atoms with Gasteiger partial charge in [0.05, 0.1) is 0 Å². The quantitative estimate of drug-likeness (QED) is 0.807. The third-order valence-electron chi connectivity index (χ3n) is 3.10. The summed E-state index contributed by atoms with van der Waals surface area (Å²) >= 11 is 0. The lowest BCUT2D eigenvalue weighted by Gasteiger charge is -2.22. The molecule has 0 aliphatic carbocycles. The summed E-state index contributed by atoms with van der Waals surface area (Å²) in [5.41, 5.74) is 2.13. The molecule has 20 heavy (non-hydrogen) atoms. The second-order valence-electron chi connectivity index (χ2n) is 4.55. The summed E-state index contributed by atoms with van der Waals surface area (Å²) in [6.07, 6.45) is 0.825. The van der Waals surface area contributed by atoms with Crippen molar-refractivity contribution in [1.29, 1.82) is 0 Å². The van der Waals surface area contributed by atoms with Crippen LogP contribution in [0, 0.1) is 0 Å². The molecule has 2 rings (SSSR count). The number of benzene rings is 2. The van der Waals surface area contributed by atoms with Crippen LogP contribution in [-0.2, 0) is 16.0 Å². The van der Waals surface area contributed by atoms with Gasteiger partial charge in [0.1, 0.15) is 6.61 Å². The largest absolute Gasteiger partial charge is 0.375 e. The van der Waals surface area contributed by atoms with Gasteiger partial charge in [-0.3, -0.25) is 4.79 Å². The van der Waals surface area contributed by atoms with Crippen molar-refractivity contribution in [3.05, 3.63) is 66.2 Å². The SMILES string of the molecule is COCC(=O)N(CCc1ccccc1)c1ccccc1. The molecule has 0 radical (unpaired) electrons. The number of carbonyl (C=O) groups excluding carboxylic acids is 1. The third-order valence-corrected chi connectivity index (χ3v) is 3.10. The molecule has 0 aliphatic heterocycles. The molecule has 0 unspecified atom stereocenters. The minimum absolute atomic E-state index is 0.0189. The first kappa shape index (κ1) is 14.3. The molecule has 0 fully saturated rings. The van der Waals surface area contributed by atoms with Crippen molar-refractivity contribution in [3.63, 3.8) is 0 Å². The van der Waals surface area contributed by atoms with E-state index in [9.17, 15) is 4.79 Å². The van der Waals surface area contributed by atoms with Crippen LogP contribution in [0.25, 0.3) is 0 Å². The van der Waals surface area contributed by atoms with Gasteiger partial charge in [0.2, 0.25) is 0 Å². The first-order valence-corrected chi connectivity index (χ1v) is 6.69. The Morgan fingerprint density at radius 3 is 2.20 bits per heavy atom. The van der Waals surface area contributed by atoms with E-state index in [0.29, 0.717) is 6.54 Å². The molecule has 0 saturated carbocycles. The topological polar surface area (TPSA) is 29.5 Å². The van der Waals surface area contributed by atoms with Crippen molar-refractivity contribution in [2.24, 2.45) is 0 Å². The number of carbonyl (C=O) groups is 1. The van der Waals surface area contributed by atoms with Crippen LogP contribution in [0.4, 0.5) is 5.69 Å². The fourth-order valence-corrected chi connectivity index (χ4v) is 2.09. The molecule has 0 spiro atoms. The van der Waals surface area contributed by atoms with Crippen molar-refractivity contribution in [3.8, 4) is 0 Å². The molecule has 2 aromatic rings. The Labute approximate surface area is 119 Å². The van der Waals surface area contributed by atoms with Crippen molar-refractivity contribution in [1.82, 2.24) is 0 Å². The van der Waals surface area contributed by atoms with Gasteiger partial charge in [0.25, 0.3) is 5.91 Å². The van der Waals surface area contributed by atoms with E-state index in [1.807, 2.05) is 48.5 Å². The lowest BCUT2D eigenvalue weighted by atomic mass is 10.1. The van der Waals surface area contributed by atoms with Gasteiger partial charge in [0.15, 0.2) is 0 Å². The highest BCUT2D eigenvalue weighted by molar-refractivity contribution is 5.94. The number of ether oxygens (including phenoxy) is 1. The number of methoxy groups -OCH3 is 1. The summed E-state index contributed by atoms with van der Waals surface area (Å²) in [4.78, 5) is 13.9. The van der Waals surface area contributed by atoms with Crippen LogP contribution in [0.3, 0.4) is 0 Å². The maximum Gasteiger partial charge on any atom is 0.252 e. The molecule has 0 N–H and O–H groups in total. The van der Waals surface area contributed by atoms with Crippen molar-refractivity contribution >= 4 is 11.6 Å². The Hall–Kier alpha value is -2.13. The van der Waals surface area contributed by atoms with E-state index in [1.165, 1.54) is 12.7 Å². The third kappa shape index (κ3) is 3.93. The molecule has 0 aromatic heterocycles. The molecule has 104 valence electrons. The standard InChI is InChI=1S/C17H19NO2/c1-20-14-17(19)18(16-10-6-3-7-11-16)13-12-15-8-4-2-5-9-15/h2-11H,12-14H2,1H3. The fraction of sp³-hybridized carbons (Fsp3) is 0.235.